The fraction of sp³-hybridized carbons (Fsp3) is 0.182. The van der Waals surface area contributed by atoms with E-state index in [1.165, 1.54) is 11.1 Å². The van der Waals surface area contributed by atoms with Crippen molar-refractivity contribution < 1.29 is 0 Å². The summed E-state index contributed by atoms with van der Waals surface area (Å²) in [6, 6.07) is 21.2. The maximum atomic E-state index is 4.53. The Morgan fingerprint density at radius 2 is 1.58 bits per heavy atom. The molecule has 0 saturated heterocycles. The van der Waals surface area contributed by atoms with E-state index in [1.807, 2.05) is 33.9 Å². The summed E-state index contributed by atoms with van der Waals surface area (Å²) in [5.41, 5.74) is 7.67. The number of allylic oxidation sites excluding steroid dienone is 4. The minimum atomic E-state index is 0.734. The summed E-state index contributed by atoms with van der Waals surface area (Å²) in [5, 5.41) is 5.23. The lowest BCUT2D eigenvalue weighted by molar-refractivity contribution is 0.534. The van der Waals surface area contributed by atoms with Crippen molar-refractivity contribution in [1.82, 2.24) is 9.88 Å². The second-order valence-corrected chi connectivity index (χ2v) is 8.91. The van der Waals surface area contributed by atoms with E-state index in [-0.39, 0.29) is 0 Å². The monoisotopic (exact) mass is 475 g/mol. The molecular weight excluding hydrogens is 438 g/mol. The van der Waals surface area contributed by atoms with Crippen molar-refractivity contribution in [3.8, 4) is 0 Å². The van der Waals surface area contributed by atoms with Crippen LogP contribution in [0.25, 0.3) is 18.4 Å². The van der Waals surface area contributed by atoms with E-state index >= 15 is 0 Å². The Morgan fingerprint density at radius 1 is 0.944 bits per heavy atom. The lowest BCUT2D eigenvalue weighted by Gasteiger charge is -2.23. The molecule has 0 bridgehead atoms. The van der Waals surface area contributed by atoms with Crippen LogP contribution in [-0.2, 0) is 12.8 Å². The second kappa shape index (κ2) is 12.6. The minimum Gasteiger partial charge on any atom is -0.349 e. The van der Waals surface area contributed by atoms with E-state index < -0.39 is 0 Å². The maximum Gasteiger partial charge on any atom is 0.130 e. The molecule has 0 aliphatic carbocycles. The van der Waals surface area contributed by atoms with Gasteiger partial charge in [0, 0.05) is 30.3 Å². The van der Waals surface area contributed by atoms with Crippen LogP contribution in [0.4, 0.5) is 5.82 Å². The molecule has 1 aromatic heterocycles. The van der Waals surface area contributed by atoms with E-state index in [0.717, 1.165) is 57.3 Å². The van der Waals surface area contributed by atoms with Crippen LogP contribution in [0.2, 0.25) is 0 Å². The van der Waals surface area contributed by atoms with Crippen molar-refractivity contribution in [1.29, 1.82) is 0 Å². The summed E-state index contributed by atoms with van der Waals surface area (Å²) in [4.78, 5) is 6.62. The molecule has 3 aromatic rings. The maximum absolute atomic E-state index is 4.53. The van der Waals surface area contributed by atoms with Crippen molar-refractivity contribution in [2.75, 3.05) is 12.4 Å². The zero-order valence-corrected chi connectivity index (χ0v) is 22.0. The average Bonchev–Trinajstić information content (AvgIpc) is 2.89. The zero-order chi connectivity index (χ0) is 26.1. The molecule has 0 atom stereocenters. The van der Waals surface area contributed by atoms with Gasteiger partial charge in [-0.2, -0.15) is 0 Å². The van der Waals surface area contributed by atoms with Crippen LogP contribution in [0.15, 0.2) is 109 Å². The summed E-state index contributed by atoms with van der Waals surface area (Å²) >= 11 is 0. The van der Waals surface area contributed by atoms with Gasteiger partial charge < -0.3 is 10.2 Å². The summed E-state index contributed by atoms with van der Waals surface area (Å²) in [6.45, 7) is 18.6. The van der Waals surface area contributed by atoms with Crippen LogP contribution >= 0.6 is 0 Å². The first-order chi connectivity index (χ1) is 17.3. The molecule has 0 radical (unpaired) electrons. The smallest absolute Gasteiger partial charge is 0.130 e. The first-order valence-corrected chi connectivity index (χ1v) is 12.3. The number of pyridine rings is 1. The lowest BCUT2D eigenvalue weighted by atomic mass is 10.0. The van der Waals surface area contributed by atoms with Crippen LogP contribution in [-0.4, -0.2) is 16.9 Å². The van der Waals surface area contributed by atoms with Gasteiger partial charge in [-0.05, 0) is 78.5 Å². The summed E-state index contributed by atoms with van der Waals surface area (Å²) < 4.78 is 0. The van der Waals surface area contributed by atoms with Gasteiger partial charge in [-0.3, -0.25) is 0 Å². The van der Waals surface area contributed by atoms with E-state index in [9.17, 15) is 0 Å². The Kier molecular flexibility index (Phi) is 9.24. The number of benzene rings is 2. The number of aromatic nitrogens is 1. The third kappa shape index (κ3) is 6.96. The van der Waals surface area contributed by atoms with E-state index in [0.29, 0.717) is 0 Å². The molecule has 1 heterocycles. The number of hydrogen-bond donors (Lipinski definition) is 1. The highest BCUT2D eigenvalue weighted by Crippen LogP contribution is 2.19. The third-order valence-electron chi connectivity index (χ3n) is 6.27. The Morgan fingerprint density at radius 3 is 2.17 bits per heavy atom. The van der Waals surface area contributed by atoms with Gasteiger partial charge in [0.2, 0.25) is 0 Å². The van der Waals surface area contributed by atoms with Crippen molar-refractivity contribution in [3.05, 3.63) is 136 Å². The Hall–Kier alpha value is -4.11. The molecule has 0 fully saturated rings. The molecule has 0 aliphatic rings. The fourth-order valence-electron chi connectivity index (χ4n) is 3.97. The number of nitrogens with one attached hydrogen (secondary N) is 1. The topological polar surface area (TPSA) is 28.2 Å². The van der Waals surface area contributed by atoms with Crippen LogP contribution in [0, 0.1) is 0 Å². The molecule has 184 valence electrons. The molecule has 0 aliphatic heterocycles. The van der Waals surface area contributed by atoms with Crippen molar-refractivity contribution in [2.45, 2.75) is 33.6 Å². The normalized spacial score (nSPS) is 12.4. The first kappa shape index (κ1) is 26.5. The van der Waals surface area contributed by atoms with Crippen LogP contribution < -0.4 is 15.8 Å². The number of hydrogen-bond acceptors (Lipinski definition) is 3. The molecule has 2 aromatic carbocycles. The van der Waals surface area contributed by atoms with E-state index in [2.05, 4.69) is 108 Å². The number of nitrogens with zero attached hydrogens (tertiary/aromatic N) is 2. The average molecular weight is 476 g/mol. The number of aryl methyl sites for hydroxylation is 2. The fourth-order valence-corrected chi connectivity index (χ4v) is 3.97. The molecule has 0 unspecified atom stereocenters. The quantitative estimate of drug-likeness (QED) is 0.341. The molecule has 3 nitrogen and oxygen atoms in total. The number of likely N-dealkylation sites (N-methyl/N-ethyl adjacent to an activating group) is 1. The van der Waals surface area contributed by atoms with Gasteiger partial charge in [0.25, 0.3) is 0 Å². The molecule has 0 saturated carbocycles. The van der Waals surface area contributed by atoms with E-state index in [4.69, 9.17) is 0 Å². The van der Waals surface area contributed by atoms with Gasteiger partial charge in [-0.25, -0.2) is 4.98 Å². The van der Waals surface area contributed by atoms with E-state index in [1.54, 1.807) is 6.20 Å². The largest absolute Gasteiger partial charge is 0.349 e. The molecule has 0 amide bonds. The highest BCUT2D eigenvalue weighted by Gasteiger charge is 2.08. The van der Waals surface area contributed by atoms with Gasteiger partial charge in [-0.15, -0.1) is 0 Å². The Bertz CT molecular complexity index is 1380. The second-order valence-electron chi connectivity index (χ2n) is 8.91. The van der Waals surface area contributed by atoms with Gasteiger partial charge in [0.1, 0.15) is 5.82 Å². The zero-order valence-electron chi connectivity index (χ0n) is 22.0. The highest BCUT2D eigenvalue weighted by atomic mass is 15.1. The van der Waals surface area contributed by atoms with Crippen LogP contribution in [0.3, 0.4) is 0 Å². The Balaban J connectivity index is 1.75. The van der Waals surface area contributed by atoms with Crippen LogP contribution in [0.1, 0.15) is 37.5 Å². The molecule has 1 N–H and O–H groups in total. The first-order valence-electron chi connectivity index (χ1n) is 12.3. The standard InChI is InChI=1S/C33H37N3/c1-8-29(32(9-2)36(7)24(3)4)21-31-22-33(34-23-25(31)5)35-26(6)30-19-17-28(18-20-30)16-15-27-13-11-10-12-14-27/h8-14,17-23,35H,3,5-6,15-16H2,1-2,4,7H3/b29-8+,31-21-,32-9-. The van der Waals surface area contributed by atoms with Crippen molar-refractivity contribution in [3.63, 3.8) is 0 Å². The summed E-state index contributed by atoms with van der Waals surface area (Å²) in [6.07, 6.45) is 10.2. The molecule has 0 spiro atoms. The summed E-state index contributed by atoms with van der Waals surface area (Å²) in [5.74, 6) is 0.734. The summed E-state index contributed by atoms with van der Waals surface area (Å²) in [7, 11) is 2.02. The van der Waals surface area contributed by atoms with Gasteiger partial charge in [-0.1, -0.05) is 86.5 Å². The van der Waals surface area contributed by atoms with Gasteiger partial charge >= 0.3 is 0 Å². The predicted octanol–water partition coefficient (Wildman–Crippen LogP) is 6.46. The number of rotatable bonds is 10. The number of anilines is 1. The van der Waals surface area contributed by atoms with Gasteiger partial charge in [0.15, 0.2) is 0 Å². The SMILES string of the molecule is C=C(Nc1c/c(=C/C(=C\C)C(=C/C)/N(C)C(=C)C)c(=C)cn1)c1ccc(CCc2ccccc2)cc1. The van der Waals surface area contributed by atoms with Crippen molar-refractivity contribution in [2.24, 2.45) is 0 Å². The predicted molar refractivity (Wildman–Crippen MR) is 157 cm³/mol. The molecule has 3 rings (SSSR count). The van der Waals surface area contributed by atoms with Gasteiger partial charge in [0.05, 0.1) is 0 Å². The molecule has 3 heteroatoms. The molecular formula is C33H37N3. The Labute approximate surface area is 216 Å². The lowest BCUT2D eigenvalue weighted by Crippen LogP contribution is -2.25. The van der Waals surface area contributed by atoms with Crippen molar-refractivity contribution >= 4 is 24.2 Å². The van der Waals surface area contributed by atoms with Crippen LogP contribution in [0.5, 0.6) is 0 Å². The third-order valence-corrected chi connectivity index (χ3v) is 6.27. The molecule has 36 heavy (non-hydrogen) atoms. The highest BCUT2D eigenvalue weighted by molar-refractivity contribution is 5.74. The minimum absolute atomic E-state index is 0.734.